The predicted molar refractivity (Wildman–Crippen MR) is 102 cm³/mol. The van der Waals surface area contributed by atoms with Crippen LogP contribution in [0.5, 0.6) is 0 Å². The highest BCUT2D eigenvalue weighted by Gasteiger charge is 2.22. The van der Waals surface area contributed by atoms with E-state index in [2.05, 4.69) is 27.4 Å². The van der Waals surface area contributed by atoms with Gasteiger partial charge in [0.05, 0.1) is 6.61 Å². The maximum absolute atomic E-state index is 5.17. The molecule has 0 amide bonds. The van der Waals surface area contributed by atoms with Gasteiger partial charge in [-0.15, -0.1) is 0 Å². The zero-order chi connectivity index (χ0) is 17.2. The van der Waals surface area contributed by atoms with Crippen molar-refractivity contribution in [2.24, 2.45) is 16.8 Å². The monoisotopic (exact) mass is 338 g/mol. The molecule has 2 unspecified atom stereocenters. The molecule has 5 nitrogen and oxygen atoms in total. The normalized spacial score (nSPS) is 27.2. The number of guanidine groups is 1. The van der Waals surface area contributed by atoms with E-state index in [0.717, 1.165) is 37.5 Å². The minimum absolute atomic E-state index is 0.603. The number of methoxy groups -OCH3 is 1. The summed E-state index contributed by atoms with van der Waals surface area (Å²) in [6.07, 6.45) is 9.20. The number of rotatable bonds is 7. The molecule has 0 bridgehead atoms. The highest BCUT2D eigenvalue weighted by Crippen LogP contribution is 2.26. The lowest BCUT2D eigenvalue weighted by atomic mass is 9.84. The number of hydrogen-bond acceptors (Lipinski definition) is 3. The van der Waals surface area contributed by atoms with Gasteiger partial charge >= 0.3 is 0 Å². The Morgan fingerprint density at radius 1 is 1.17 bits per heavy atom. The van der Waals surface area contributed by atoms with Gasteiger partial charge in [0.2, 0.25) is 0 Å². The standard InChI is InChI=1S/C19H38N4O/c1-4-16-6-5-7-18(14-16)22-19(20-2)21-15-17-8-10-23(11-9-17)12-13-24-3/h16-18H,4-15H2,1-3H3,(H2,20,21,22). The first kappa shape index (κ1) is 19.5. The van der Waals surface area contributed by atoms with Crippen LogP contribution in [0.1, 0.15) is 51.9 Å². The Balaban J connectivity index is 1.65. The van der Waals surface area contributed by atoms with E-state index >= 15 is 0 Å². The summed E-state index contributed by atoms with van der Waals surface area (Å²) in [5.41, 5.74) is 0. The number of nitrogens with zero attached hydrogens (tertiary/aromatic N) is 2. The van der Waals surface area contributed by atoms with Gasteiger partial charge in [-0.25, -0.2) is 0 Å². The van der Waals surface area contributed by atoms with Gasteiger partial charge in [-0.05, 0) is 50.6 Å². The smallest absolute Gasteiger partial charge is 0.191 e. The highest BCUT2D eigenvalue weighted by molar-refractivity contribution is 5.79. The van der Waals surface area contributed by atoms with E-state index < -0.39 is 0 Å². The van der Waals surface area contributed by atoms with Crippen LogP contribution >= 0.6 is 0 Å². The number of piperidine rings is 1. The van der Waals surface area contributed by atoms with Gasteiger partial charge in [0.1, 0.15) is 0 Å². The van der Waals surface area contributed by atoms with Gasteiger partial charge in [-0.3, -0.25) is 4.99 Å². The van der Waals surface area contributed by atoms with Gasteiger partial charge in [0.15, 0.2) is 5.96 Å². The number of ether oxygens (including phenoxy) is 1. The summed E-state index contributed by atoms with van der Waals surface area (Å²) < 4.78 is 5.17. The number of nitrogens with one attached hydrogen (secondary N) is 2. The molecule has 0 radical (unpaired) electrons. The van der Waals surface area contributed by atoms with Crippen LogP contribution in [-0.2, 0) is 4.74 Å². The Hall–Kier alpha value is -0.810. The van der Waals surface area contributed by atoms with Crippen molar-refractivity contribution < 1.29 is 4.74 Å². The minimum Gasteiger partial charge on any atom is -0.383 e. The third-order valence-electron chi connectivity index (χ3n) is 5.80. The topological polar surface area (TPSA) is 48.9 Å². The van der Waals surface area contributed by atoms with E-state index in [4.69, 9.17) is 4.74 Å². The van der Waals surface area contributed by atoms with Crippen LogP contribution < -0.4 is 10.6 Å². The molecule has 1 saturated heterocycles. The number of hydrogen-bond donors (Lipinski definition) is 2. The first-order valence-electron chi connectivity index (χ1n) is 9.93. The van der Waals surface area contributed by atoms with Crippen LogP contribution in [0.4, 0.5) is 0 Å². The molecule has 140 valence electrons. The average Bonchev–Trinajstić information content (AvgIpc) is 2.64. The highest BCUT2D eigenvalue weighted by atomic mass is 16.5. The molecule has 0 spiro atoms. The van der Waals surface area contributed by atoms with Crippen LogP contribution in [0.15, 0.2) is 4.99 Å². The van der Waals surface area contributed by atoms with Gasteiger partial charge < -0.3 is 20.3 Å². The number of aliphatic imine (C=N–C) groups is 1. The molecule has 24 heavy (non-hydrogen) atoms. The first-order valence-corrected chi connectivity index (χ1v) is 9.93. The van der Waals surface area contributed by atoms with E-state index in [9.17, 15) is 0 Å². The molecular formula is C19H38N4O. The van der Waals surface area contributed by atoms with Crippen LogP contribution in [-0.4, -0.2) is 63.8 Å². The largest absolute Gasteiger partial charge is 0.383 e. The predicted octanol–water partition coefficient (Wildman–Crippen LogP) is 2.48. The lowest BCUT2D eigenvalue weighted by Crippen LogP contribution is -2.47. The molecule has 0 aromatic heterocycles. The second-order valence-electron chi connectivity index (χ2n) is 7.51. The van der Waals surface area contributed by atoms with E-state index in [1.54, 1.807) is 7.11 Å². The average molecular weight is 339 g/mol. The van der Waals surface area contributed by atoms with Gasteiger partial charge in [0.25, 0.3) is 0 Å². The molecule has 0 aromatic carbocycles. The van der Waals surface area contributed by atoms with E-state index in [1.165, 1.54) is 58.0 Å². The second-order valence-corrected chi connectivity index (χ2v) is 7.51. The van der Waals surface area contributed by atoms with E-state index in [0.29, 0.717) is 6.04 Å². The zero-order valence-electron chi connectivity index (χ0n) is 16.0. The third-order valence-corrected chi connectivity index (χ3v) is 5.80. The van der Waals surface area contributed by atoms with Gasteiger partial charge in [-0.2, -0.15) is 0 Å². The summed E-state index contributed by atoms with van der Waals surface area (Å²) in [4.78, 5) is 6.95. The molecule has 1 aliphatic carbocycles. The van der Waals surface area contributed by atoms with Crippen molar-refractivity contribution in [3.05, 3.63) is 0 Å². The summed E-state index contributed by atoms with van der Waals surface area (Å²) >= 11 is 0. The summed E-state index contributed by atoms with van der Waals surface area (Å²) in [5.74, 6) is 2.65. The van der Waals surface area contributed by atoms with Crippen LogP contribution in [0.2, 0.25) is 0 Å². The van der Waals surface area contributed by atoms with Crippen molar-refractivity contribution in [3.63, 3.8) is 0 Å². The Bertz CT molecular complexity index is 366. The summed E-state index contributed by atoms with van der Waals surface area (Å²) in [5, 5.41) is 7.23. The molecule has 2 atom stereocenters. The van der Waals surface area contributed by atoms with E-state index in [-0.39, 0.29) is 0 Å². The van der Waals surface area contributed by atoms with Crippen molar-refractivity contribution >= 4 is 5.96 Å². The fourth-order valence-corrected chi connectivity index (χ4v) is 4.06. The molecule has 2 N–H and O–H groups in total. The fraction of sp³-hybridized carbons (Fsp3) is 0.947. The second kappa shape index (κ2) is 10.9. The van der Waals surface area contributed by atoms with Gasteiger partial charge in [0, 0.05) is 33.3 Å². The fourth-order valence-electron chi connectivity index (χ4n) is 4.06. The lowest BCUT2D eigenvalue weighted by molar-refractivity contribution is 0.120. The molecule has 1 aliphatic heterocycles. The molecular weight excluding hydrogens is 300 g/mol. The maximum atomic E-state index is 5.17. The van der Waals surface area contributed by atoms with Crippen molar-refractivity contribution in [1.82, 2.24) is 15.5 Å². The van der Waals surface area contributed by atoms with E-state index in [1.807, 2.05) is 7.05 Å². The third kappa shape index (κ3) is 6.60. The molecule has 0 aromatic rings. The molecule has 2 rings (SSSR count). The summed E-state index contributed by atoms with van der Waals surface area (Å²) in [7, 11) is 3.67. The summed E-state index contributed by atoms with van der Waals surface area (Å²) in [6, 6.07) is 0.603. The zero-order valence-corrected chi connectivity index (χ0v) is 16.0. The Labute approximate surface area is 148 Å². The SMILES string of the molecule is CCC1CCCC(NC(=NC)NCC2CCN(CCOC)CC2)C1. The van der Waals surface area contributed by atoms with Crippen LogP contribution in [0.25, 0.3) is 0 Å². The number of likely N-dealkylation sites (tertiary alicyclic amines) is 1. The molecule has 2 aliphatic rings. The van der Waals surface area contributed by atoms with Crippen LogP contribution in [0.3, 0.4) is 0 Å². The van der Waals surface area contributed by atoms with Crippen molar-refractivity contribution in [3.8, 4) is 0 Å². The Kier molecular flexibility index (Phi) is 8.89. The van der Waals surface area contributed by atoms with Crippen molar-refractivity contribution in [1.29, 1.82) is 0 Å². The Morgan fingerprint density at radius 3 is 2.62 bits per heavy atom. The quantitative estimate of drug-likeness (QED) is 0.553. The molecule has 1 heterocycles. The molecule has 5 heteroatoms. The first-order chi connectivity index (χ1) is 11.7. The van der Waals surface area contributed by atoms with Gasteiger partial charge in [-0.1, -0.05) is 26.2 Å². The minimum atomic E-state index is 0.603. The summed E-state index contributed by atoms with van der Waals surface area (Å²) in [6.45, 7) is 7.67. The van der Waals surface area contributed by atoms with Crippen molar-refractivity contribution in [2.75, 3.05) is 46.9 Å². The van der Waals surface area contributed by atoms with Crippen LogP contribution in [0, 0.1) is 11.8 Å². The molecule has 2 fully saturated rings. The maximum Gasteiger partial charge on any atom is 0.191 e. The van der Waals surface area contributed by atoms with Crippen molar-refractivity contribution in [2.45, 2.75) is 57.9 Å². The molecule has 1 saturated carbocycles. The lowest BCUT2D eigenvalue weighted by Gasteiger charge is -2.33. The Morgan fingerprint density at radius 2 is 1.96 bits per heavy atom.